The molecule has 1 fully saturated rings. The second-order valence-corrected chi connectivity index (χ2v) is 7.08. The fraction of sp³-hybridized carbons (Fsp3) is 0.500. The van der Waals surface area contributed by atoms with Crippen LogP contribution in [0.15, 0.2) is 23.1 Å². The molecule has 0 spiro atoms. The summed E-state index contributed by atoms with van der Waals surface area (Å²) in [7, 11) is -4.32. The summed E-state index contributed by atoms with van der Waals surface area (Å²) in [5, 5.41) is -0.182. The number of nitrogens with one attached hydrogen (secondary N) is 1. The zero-order chi connectivity index (χ0) is 15.8. The molecular weight excluding hydrogens is 329 g/mol. The number of hydrogen-bond donors (Lipinski definition) is 2. The van der Waals surface area contributed by atoms with Crippen molar-refractivity contribution >= 4 is 21.6 Å². The van der Waals surface area contributed by atoms with E-state index in [2.05, 4.69) is 4.72 Å². The number of alkyl halides is 3. The van der Waals surface area contributed by atoms with Gasteiger partial charge in [0.1, 0.15) is 0 Å². The molecule has 1 aromatic carbocycles. The summed E-state index contributed by atoms with van der Waals surface area (Å²) in [6.07, 6.45) is -2.93. The molecule has 1 aliphatic rings. The molecule has 0 aromatic heterocycles. The average Bonchev–Trinajstić information content (AvgIpc) is 2.73. The number of hydrogen-bond acceptors (Lipinski definition) is 3. The summed E-state index contributed by atoms with van der Waals surface area (Å²) >= 11 is 5.53. The van der Waals surface area contributed by atoms with E-state index < -0.39 is 32.7 Å². The van der Waals surface area contributed by atoms with Crippen molar-refractivity contribution in [2.75, 3.05) is 0 Å². The normalized spacial score (nSPS) is 23.5. The molecule has 0 aliphatic heterocycles. The minimum Gasteiger partial charge on any atom is -0.326 e. The molecular formula is C12H14ClF3N2O2S. The van der Waals surface area contributed by atoms with Crippen LogP contribution in [0.1, 0.15) is 24.8 Å². The Bertz CT molecular complexity index is 634. The molecule has 0 bridgehead atoms. The fourth-order valence-corrected chi connectivity index (χ4v) is 4.06. The smallest absolute Gasteiger partial charge is 0.326 e. The lowest BCUT2D eigenvalue weighted by atomic mass is 10.2. The van der Waals surface area contributed by atoms with Crippen LogP contribution in [-0.4, -0.2) is 20.5 Å². The van der Waals surface area contributed by atoms with Gasteiger partial charge in [-0.1, -0.05) is 18.0 Å². The molecule has 0 amide bonds. The average molecular weight is 343 g/mol. The van der Waals surface area contributed by atoms with Gasteiger partial charge in [-0.3, -0.25) is 0 Å². The fourth-order valence-electron chi connectivity index (χ4n) is 2.36. The first kappa shape index (κ1) is 16.5. The van der Waals surface area contributed by atoms with Crippen molar-refractivity contribution in [2.24, 2.45) is 5.73 Å². The molecule has 1 aliphatic carbocycles. The van der Waals surface area contributed by atoms with Crippen LogP contribution in [0.4, 0.5) is 13.2 Å². The van der Waals surface area contributed by atoms with Gasteiger partial charge in [0, 0.05) is 17.1 Å². The van der Waals surface area contributed by atoms with Gasteiger partial charge in [-0.05, 0) is 31.0 Å². The van der Waals surface area contributed by atoms with Crippen molar-refractivity contribution in [1.29, 1.82) is 0 Å². The Balaban J connectivity index is 2.40. The van der Waals surface area contributed by atoms with Crippen molar-refractivity contribution in [3.05, 3.63) is 28.8 Å². The Morgan fingerprint density at radius 1 is 1.29 bits per heavy atom. The highest BCUT2D eigenvalue weighted by molar-refractivity contribution is 7.89. The zero-order valence-electron chi connectivity index (χ0n) is 10.8. The first-order valence-electron chi connectivity index (χ1n) is 6.26. The van der Waals surface area contributed by atoms with Gasteiger partial charge in [-0.2, -0.15) is 13.2 Å². The van der Waals surface area contributed by atoms with Crippen LogP contribution >= 0.6 is 11.6 Å². The summed E-state index contributed by atoms with van der Waals surface area (Å²) < 4.78 is 65.6. The van der Waals surface area contributed by atoms with E-state index in [-0.39, 0.29) is 11.1 Å². The molecule has 21 heavy (non-hydrogen) atoms. The highest BCUT2D eigenvalue weighted by Crippen LogP contribution is 2.36. The summed E-state index contributed by atoms with van der Waals surface area (Å²) in [4.78, 5) is -0.835. The predicted molar refractivity (Wildman–Crippen MR) is 72.4 cm³/mol. The van der Waals surface area contributed by atoms with Gasteiger partial charge >= 0.3 is 6.18 Å². The Morgan fingerprint density at radius 3 is 2.48 bits per heavy atom. The Labute approximate surface area is 125 Å². The van der Waals surface area contributed by atoms with E-state index in [1.807, 2.05) is 0 Å². The van der Waals surface area contributed by atoms with Gasteiger partial charge in [0.05, 0.1) is 10.5 Å². The lowest BCUT2D eigenvalue weighted by Gasteiger charge is -2.19. The maximum absolute atomic E-state index is 13.0. The molecule has 0 heterocycles. The first-order valence-corrected chi connectivity index (χ1v) is 8.12. The molecule has 1 aromatic rings. The highest BCUT2D eigenvalue weighted by atomic mass is 35.5. The summed E-state index contributed by atoms with van der Waals surface area (Å²) in [6.45, 7) is 0. The van der Waals surface area contributed by atoms with Crippen molar-refractivity contribution in [3.63, 3.8) is 0 Å². The van der Waals surface area contributed by atoms with Crippen LogP contribution in [0.25, 0.3) is 0 Å². The highest BCUT2D eigenvalue weighted by Gasteiger charge is 2.38. The quantitative estimate of drug-likeness (QED) is 0.886. The van der Waals surface area contributed by atoms with E-state index in [1.54, 1.807) is 0 Å². The third kappa shape index (κ3) is 3.68. The second-order valence-electron chi connectivity index (χ2n) is 4.96. The van der Waals surface area contributed by atoms with Gasteiger partial charge in [-0.25, -0.2) is 13.1 Å². The maximum Gasteiger partial charge on any atom is 0.417 e. The van der Waals surface area contributed by atoms with Crippen LogP contribution < -0.4 is 10.5 Å². The maximum atomic E-state index is 13.0. The summed E-state index contributed by atoms with van der Waals surface area (Å²) in [5.41, 5.74) is 4.46. The molecule has 118 valence electrons. The summed E-state index contributed by atoms with van der Waals surface area (Å²) in [5.74, 6) is 0. The van der Waals surface area contributed by atoms with Crippen LogP contribution in [0.5, 0.6) is 0 Å². The molecule has 2 unspecified atom stereocenters. The van der Waals surface area contributed by atoms with E-state index >= 15 is 0 Å². The lowest BCUT2D eigenvalue weighted by molar-refractivity contribution is -0.139. The third-order valence-electron chi connectivity index (χ3n) is 3.41. The van der Waals surface area contributed by atoms with Crippen LogP contribution in [0.2, 0.25) is 5.02 Å². The molecule has 0 radical (unpaired) electrons. The second kappa shape index (κ2) is 5.75. The van der Waals surface area contributed by atoms with Gasteiger partial charge in [0.2, 0.25) is 10.0 Å². The van der Waals surface area contributed by atoms with Gasteiger partial charge in [0.15, 0.2) is 0 Å². The lowest BCUT2D eigenvalue weighted by Crippen LogP contribution is -2.44. The van der Waals surface area contributed by atoms with E-state index in [1.165, 1.54) is 0 Å². The number of benzene rings is 1. The van der Waals surface area contributed by atoms with E-state index in [9.17, 15) is 21.6 Å². The molecule has 1 saturated carbocycles. The SMILES string of the molecule is NC1CCCC1NS(=O)(=O)c1ccc(Cl)cc1C(F)(F)F. The standard InChI is InChI=1S/C12H14ClF3N2O2S/c13-7-4-5-11(8(6-7)12(14,15)16)21(19,20)18-10-3-1-2-9(10)17/h4-6,9-10,18H,1-3,17H2. The topological polar surface area (TPSA) is 72.2 Å². The number of rotatable bonds is 3. The zero-order valence-corrected chi connectivity index (χ0v) is 12.4. The number of sulfonamides is 1. The first-order chi connectivity index (χ1) is 9.61. The Hall–Kier alpha value is -0.830. The third-order valence-corrected chi connectivity index (χ3v) is 5.20. The van der Waals surface area contributed by atoms with Crippen molar-refractivity contribution in [3.8, 4) is 0 Å². The van der Waals surface area contributed by atoms with E-state index in [0.717, 1.165) is 18.6 Å². The van der Waals surface area contributed by atoms with E-state index in [4.69, 9.17) is 17.3 Å². The van der Waals surface area contributed by atoms with Gasteiger partial charge in [-0.15, -0.1) is 0 Å². The van der Waals surface area contributed by atoms with Crippen molar-refractivity contribution in [1.82, 2.24) is 4.72 Å². The Morgan fingerprint density at radius 2 is 1.95 bits per heavy atom. The minimum absolute atomic E-state index is 0.182. The molecule has 4 nitrogen and oxygen atoms in total. The van der Waals surface area contributed by atoms with Crippen LogP contribution in [-0.2, 0) is 16.2 Å². The van der Waals surface area contributed by atoms with E-state index in [0.29, 0.717) is 18.9 Å². The predicted octanol–water partition coefficient (Wildman–Crippen LogP) is 2.52. The van der Waals surface area contributed by atoms with Crippen LogP contribution in [0.3, 0.4) is 0 Å². The monoisotopic (exact) mass is 342 g/mol. The molecule has 2 atom stereocenters. The number of halogens is 4. The molecule has 0 saturated heterocycles. The van der Waals surface area contributed by atoms with Crippen LogP contribution in [0, 0.1) is 0 Å². The van der Waals surface area contributed by atoms with Gasteiger partial charge in [0.25, 0.3) is 0 Å². The molecule has 2 rings (SSSR count). The minimum atomic E-state index is -4.81. The van der Waals surface area contributed by atoms with Crippen molar-refractivity contribution < 1.29 is 21.6 Å². The number of nitrogens with two attached hydrogens (primary N) is 1. The largest absolute Gasteiger partial charge is 0.417 e. The van der Waals surface area contributed by atoms with Crippen molar-refractivity contribution in [2.45, 2.75) is 42.4 Å². The molecule has 3 N–H and O–H groups in total. The Kier molecular flexibility index (Phi) is 4.53. The van der Waals surface area contributed by atoms with Gasteiger partial charge < -0.3 is 5.73 Å². The molecule has 9 heteroatoms. The summed E-state index contributed by atoms with van der Waals surface area (Å²) in [6, 6.07) is 1.63.